The number of ether oxygens (including phenoxy) is 5. The summed E-state index contributed by atoms with van der Waals surface area (Å²) in [6.45, 7) is 9.18. The Labute approximate surface area is 203 Å². The van der Waals surface area contributed by atoms with E-state index in [1.807, 2.05) is 0 Å². The van der Waals surface area contributed by atoms with Gasteiger partial charge in [0.05, 0.1) is 13.2 Å². The van der Waals surface area contributed by atoms with Crippen LogP contribution in [0, 0.1) is 11.8 Å². The number of rotatable bonds is 15. The first-order valence-corrected chi connectivity index (χ1v) is 12.7. The maximum atomic E-state index is 12.2. The van der Waals surface area contributed by atoms with Crippen molar-refractivity contribution in [2.24, 2.45) is 11.8 Å². The van der Waals surface area contributed by atoms with Crippen LogP contribution in [0.25, 0.3) is 0 Å². The molecule has 1 aliphatic carbocycles. The molecule has 0 aliphatic heterocycles. The molecule has 9 nitrogen and oxygen atoms in total. The van der Waals surface area contributed by atoms with Crippen molar-refractivity contribution in [3.05, 3.63) is 0 Å². The van der Waals surface area contributed by atoms with Gasteiger partial charge in [-0.1, -0.05) is 66.2 Å². The molecule has 3 atom stereocenters. The van der Waals surface area contributed by atoms with E-state index in [-0.39, 0.29) is 26.1 Å². The van der Waals surface area contributed by atoms with Crippen LogP contribution in [0.3, 0.4) is 0 Å². The van der Waals surface area contributed by atoms with Gasteiger partial charge in [0.1, 0.15) is 18.3 Å². The third kappa shape index (κ3) is 14.9. The standard InChI is InChI=1S/C25H44O9/c1-18(2)11-7-5-9-15-30-24(28)33-21-14-13-20(32-23(26)27)17-22(21)34-25(29)31-16-10-6-8-12-19(3)4/h18-22H,5-17H2,1-4H3,(H,26,27). The van der Waals surface area contributed by atoms with E-state index in [1.165, 1.54) is 0 Å². The quantitative estimate of drug-likeness (QED) is 0.152. The highest BCUT2D eigenvalue weighted by Crippen LogP contribution is 2.27. The fraction of sp³-hybridized carbons (Fsp3) is 0.880. The van der Waals surface area contributed by atoms with Gasteiger partial charge >= 0.3 is 18.5 Å². The van der Waals surface area contributed by atoms with E-state index < -0.39 is 36.8 Å². The highest BCUT2D eigenvalue weighted by atomic mass is 16.8. The minimum atomic E-state index is -1.40. The lowest BCUT2D eigenvalue weighted by Gasteiger charge is -2.33. The molecule has 0 saturated heterocycles. The van der Waals surface area contributed by atoms with E-state index in [0.717, 1.165) is 51.4 Å². The molecule has 0 amide bonds. The minimum Gasteiger partial charge on any atom is -0.450 e. The number of hydrogen-bond acceptors (Lipinski definition) is 8. The van der Waals surface area contributed by atoms with E-state index in [0.29, 0.717) is 18.3 Å². The lowest BCUT2D eigenvalue weighted by atomic mass is 9.92. The fourth-order valence-corrected chi connectivity index (χ4v) is 3.86. The molecule has 0 aromatic rings. The Hall–Kier alpha value is -2.19. The molecule has 1 fully saturated rings. The zero-order chi connectivity index (χ0) is 25.3. The first kappa shape index (κ1) is 29.8. The fourth-order valence-electron chi connectivity index (χ4n) is 3.86. The van der Waals surface area contributed by atoms with Crippen molar-refractivity contribution < 1.29 is 43.2 Å². The van der Waals surface area contributed by atoms with Gasteiger partial charge in [-0.25, -0.2) is 14.4 Å². The molecule has 1 rings (SSSR count). The van der Waals surface area contributed by atoms with Gasteiger partial charge < -0.3 is 28.8 Å². The van der Waals surface area contributed by atoms with Crippen LogP contribution in [-0.2, 0) is 23.7 Å². The van der Waals surface area contributed by atoms with Gasteiger partial charge in [-0.3, -0.25) is 0 Å². The molecule has 1 aliphatic rings. The molecule has 34 heavy (non-hydrogen) atoms. The summed E-state index contributed by atoms with van der Waals surface area (Å²) in [6.07, 6.45) is 3.21. The average molecular weight is 489 g/mol. The van der Waals surface area contributed by atoms with E-state index in [9.17, 15) is 14.4 Å². The third-order valence-electron chi connectivity index (χ3n) is 5.74. The Morgan fingerprint density at radius 1 is 0.706 bits per heavy atom. The Morgan fingerprint density at radius 2 is 1.21 bits per heavy atom. The SMILES string of the molecule is CC(C)CCCCCOC(=O)OC1CCC(OC(=O)O)CC1OC(=O)OCCCCCC(C)C. The summed E-state index contributed by atoms with van der Waals surface area (Å²) in [4.78, 5) is 35.2. The number of hydrogen-bond donors (Lipinski definition) is 1. The minimum absolute atomic E-state index is 0.0862. The number of carboxylic acid groups (broad SMARTS) is 1. The van der Waals surface area contributed by atoms with Crippen LogP contribution < -0.4 is 0 Å². The molecule has 0 bridgehead atoms. The monoisotopic (exact) mass is 488 g/mol. The Balaban J connectivity index is 2.44. The summed E-state index contributed by atoms with van der Waals surface area (Å²) in [5.41, 5.74) is 0. The highest BCUT2D eigenvalue weighted by Gasteiger charge is 2.38. The van der Waals surface area contributed by atoms with Gasteiger partial charge in [0.2, 0.25) is 0 Å². The van der Waals surface area contributed by atoms with Gasteiger partial charge in [0.15, 0.2) is 0 Å². The summed E-state index contributed by atoms with van der Waals surface area (Å²) in [7, 11) is 0. The van der Waals surface area contributed by atoms with Crippen LogP contribution in [-0.4, -0.2) is 55.1 Å². The van der Waals surface area contributed by atoms with Gasteiger partial charge in [-0.15, -0.1) is 0 Å². The lowest BCUT2D eigenvalue weighted by molar-refractivity contribution is -0.0964. The van der Waals surface area contributed by atoms with Gasteiger partial charge in [0.25, 0.3) is 0 Å². The van der Waals surface area contributed by atoms with Crippen LogP contribution in [0.1, 0.15) is 98.3 Å². The van der Waals surface area contributed by atoms with Crippen molar-refractivity contribution in [1.82, 2.24) is 0 Å². The largest absolute Gasteiger partial charge is 0.508 e. The van der Waals surface area contributed by atoms with Crippen molar-refractivity contribution in [1.29, 1.82) is 0 Å². The van der Waals surface area contributed by atoms with Crippen molar-refractivity contribution in [2.45, 2.75) is 117 Å². The van der Waals surface area contributed by atoms with E-state index in [1.54, 1.807) is 0 Å². The van der Waals surface area contributed by atoms with Crippen molar-refractivity contribution in [2.75, 3.05) is 13.2 Å². The third-order valence-corrected chi connectivity index (χ3v) is 5.74. The second-order valence-electron chi connectivity index (χ2n) is 9.81. The van der Waals surface area contributed by atoms with Crippen LogP contribution in [0.5, 0.6) is 0 Å². The van der Waals surface area contributed by atoms with Crippen LogP contribution in [0.15, 0.2) is 0 Å². The Morgan fingerprint density at radius 3 is 1.68 bits per heavy atom. The van der Waals surface area contributed by atoms with E-state index in [2.05, 4.69) is 27.7 Å². The normalized spacial score (nSPS) is 20.1. The maximum Gasteiger partial charge on any atom is 0.508 e. The molecular weight excluding hydrogens is 444 g/mol. The van der Waals surface area contributed by atoms with Crippen LogP contribution in [0.2, 0.25) is 0 Å². The smallest absolute Gasteiger partial charge is 0.450 e. The van der Waals surface area contributed by atoms with E-state index >= 15 is 0 Å². The average Bonchev–Trinajstić information content (AvgIpc) is 2.74. The molecule has 3 unspecified atom stereocenters. The molecule has 1 saturated carbocycles. The van der Waals surface area contributed by atoms with Gasteiger partial charge in [-0.2, -0.15) is 0 Å². The molecule has 0 heterocycles. The predicted molar refractivity (Wildman–Crippen MR) is 126 cm³/mol. The number of carbonyl (C=O) groups is 3. The molecule has 0 spiro atoms. The summed E-state index contributed by atoms with van der Waals surface area (Å²) >= 11 is 0. The molecular formula is C25H44O9. The lowest BCUT2D eigenvalue weighted by Crippen LogP contribution is -2.43. The Kier molecular flexibility index (Phi) is 15.2. The van der Waals surface area contributed by atoms with Crippen LogP contribution in [0.4, 0.5) is 14.4 Å². The molecule has 0 aromatic carbocycles. The van der Waals surface area contributed by atoms with Crippen LogP contribution >= 0.6 is 0 Å². The van der Waals surface area contributed by atoms with Gasteiger partial charge in [0, 0.05) is 6.42 Å². The second-order valence-corrected chi connectivity index (χ2v) is 9.81. The summed E-state index contributed by atoms with van der Waals surface area (Å²) in [5, 5.41) is 8.90. The molecule has 0 radical (unpaired) electrons. The first-order chi connectivity index (χ1) is 16.2. The van der Waals surface area contributed by atoms with Gasteiger partial charge in [-0.05, 0) is 37.5 Å². The topological polar surface area (TPSA) is 118 Å². The molecule has 198 valence electrons. The molecule has 0 aromatic heterocycles. The van der Waals surface area contributed by atoms with Crippen molar-refractivity contribution >= 4 is 18.5 Å². The number of unbranched alkanes of at least 4 members (excludes halogenated alkanes) is 4. The highest BCUT2D eigenvalue weighted by molar-refractivity contribution is 5.61. The van der Waals surface area contributed by atoms with Crippen molar-refractivity contribution in [3.63, 3.8) is 0 Å². The first-order valence-electron chi connectivity index (χ1n) is 12.7. The molecule has 1 N–H and O–H groups in total. The van der Waals surface area contributed by atoms with E-state index in [4.69, 9.17) is 28.8 Å². The zero-order valence-corrected chi connectivity index (χ0v) is 21.3. The summed E-state index contributed by atoms with van der Waals surface area (Å²) in [5.74, 6) is 1.30. The molecule has 9 heteroatoms. The second kappa shape index (κ2) is 17.3. The van der Waals surface area contributed by atoms with Crippen molar-refractivity contribution in [3.8, 4) is 0 Å². The maximum absolute atomic E-state index is 12.2. The summed E-state index contributed by atoms with van der Waals surface area (Å²) < 4.78 is 25.9. The number of carbonyl (C=O) groups excluding carboxylic acids is 2. The predicted octanol–water partition coefficient (Wildman–Crippen LogP) is 6.71. The zero-order valence-electron chi connectivity index (χ0n) is 21.3. The summed E-state index contributed by atoms with van der Waals surface area (Å²) in [6, 6.07) is 0. The Bertz CT molecular complexity index is 591.